The van der Waals surface area contributed by atoms with Gasteiger partial charge in [0.2, 0.25) is 5.91 Å². The highest BCUT2D eigenvalue weighted by Gasteiger charge is 2.24. The van der Waals surface area contributed by atoms with Crippen molar-refractivity contribution in [2.24, 2.45) is 0 Å². The molecule has 0 aliphatic carbocycles. The third-order valence-electron chi connectivity index (χ3n) is 3.65. The summed E-state index contributed by atoms with van der Waals surface area (Å²) in [6, 6.07) is 0.628. The first-order valence-corrected chi connectivity index (χ1v) is 7.34. The highest BCUT2D eigenvalue weighted by atomic mass is 16.5. The van der Waals surface area contributed by atoms with Gasteiger partial charge in [-0.1, -0.05) is 6.42 Å². The molecule has 1 fully saturated rings. The fourth-order valence-corrected chi connectivity index (χ4v) is 2.70. The van der Waals surface area contributed by atoms with Crippen LogP contribution in [-0.2, 0) is 9.53 Å². The zero-order valence-electron chi connectivity index (χ0n) is 12.6. The van der Waals surface area contributed by atoms with Gasteiger partial charge in [0.05, 0.1) is 13.2 Å². The highest BCUT2D eigenvalue weighted by Crippen LogP contribution is 2.18. The fourth-order valence-electron chi connectivity index (χ4n) is 2.70. The molecule has 0 spiro atoms. The number of hydrogen-bond acceptors (Lipinski definition) is 4. The summed E-state index contributed by atoms with van der Waals surface area (Å²) in [5, 5.41) is 6.18. The number of likely N-dealkylation sites (tertiary alicyclic amines) is 1. The Morgan fingerprint density at radius 2 is 2.26 bits per heavy atom. The molecule has 1 aliphatic rings. The van der Waals surface area contributed by atoms with Gasteiger partial charge in [-0.25, -0.2) is 0 Å². The molecule has 1 amide bonds. The van der Waals surface area contributed by atoms with Crippen LogP contribution in [0.25, 0.3) is 0 Å². The summed E-state index contributed by atoms with van der Waals surface area (Å²) in [7, 11) is 3.63. The first kappa shape index (κ1) is 16.4. The minimum Gasteiger partial charge on any atom is -0.383 e. The van der Waals surface area contributed by atoms with E-state index >= 15 is 0 Å². The van der Waals surface area contributed by atoms with Crippen LogP contribution in [0.4, 0.5) is 0 Å². The van der Waals surface area contributed by atoms with Crippen molar-refractivity contribution in [1.29, 1.82) is 0 Å². The molecular formula is C14H29N3O2. The van der Waals surface area contributed by atoms with Gasteiger partial charge in [-0.2, -0.15) is 0 Å². The number of carbonyl (C=O) groups excluding carboxylic acids is 1. The molecule has 1 saturated heterocycles. The second-order valence-corrected chi connectivity index (χ2v) is 5.44. The maximum Gasteiger partial charge on any atom is 0.234 e. The largest absolute Gasteiger partial charge is 0.383 e. The van der Waals surface area contributed by atoms with Gasteiger partial charge in [-0.05, 0) is 46.3 Å². The second kappa shape index (κ2) is 9.28. The second-order valence-electron chi connectivity index (χ2n) is 5.44. The average molecular weight is 271 g/mol. The lowest BCUT2D eigenvalue weighted by Gasteiger charge is -2.35. The summed E-state index contributed by atoms with van der Waals surface area (Å²) in [5.74, 6) is 0.112. The minimum atomic E-state index is 0.0815. The van der Waals surface area contributed by atoms with E-state index in [4.69, 9.17) is 4.74 Å². The Balaban J connectivity index is 2.36. The van der Waals surface area contributed by atoms with Crippen LogP contribution in [0.15, 0.2) is 0 Å². The molecule has 112 valence electrons. The van der Waals surface area contributed by atoms with Gasteiger partial charge in [0.25, 0.3) is 0 Å². The van der Waals surface area contributed by atoms with E-state index in [-0.39, 0.29) is 11.9 Å². The van der Waals surface area contributed by atoms with Crippen molar-refractivity contribution in [1.82, 2.24) is 15.5 Å². The molecule has 0 aromatic carbocycles. The van der Waals surface area contributed by atoms with Gasteiger partial charge >= 0.3 is 0 Å². The molecule has 1 rings (SSSR count). The monoisotopic (exact) mass is 271 g/mol. The fraction of sp³-hybridized carbons (Fsp3) is 0.929. The van der Waals surface area contributed by atoms with Crippen molar-refractivity contribution in [3.05, 3.63) is 0 Å². The summed E-state index contributed by atoms with van der Waals surface area (Å²) < 4.78 is 5.03. The van der Waals surface area contributed by atoms with E-state index < -0.39 is 0 Å². The third kappa shape index (κ3) is 6.36. The van der Waals surface area contributed by atoms with Gasteiger partial charge < -0.3 is 15.4 Å². The normalized spacial score (nSPS) is 22.2. The molecule has 0 aromatic heterocycles. The van der Waals surface area contributed by atoms with Crippen molar-refractivity contribution in [2.75, 3.05) is 40.4 Å². The first-order chi connectivity index (χ1) is 9.17. The molecule has 2 unspecified atom stereocenters. The molecular weight excluding hydrogens is 242 g/mol. The van der Waals surface area contributed by atoms with Crippen LogP contribution in [0.3, 0.4) is 0 Å². The number of ether oxygens (including phenoxy) is 1. The van der Waals surface area contributed by atoms with Crippen LogP contribution in [0.2, 0.25) is 0 Å². The molecule has 5 heteroatoms. The van der Waals surface area contributed by atoms with E-state index in [1.807, 2.05) is 14.0 Å². The molecule has 0 saturated carbocycles. The molecule has 0 radical (unpaired) electrons. The summed E-state index contributed by atoms with van der Waals surface area (Å²) in [5.41, 5.74) is 0. The predicted molar refractivity (Wildman–Crippen MR) is 77.2 cm³/mol. The van der Waals surface area contributed by atoms with E-state index in [2.05, 4.69) is 15.5 Å². The number of hydrogen-bond donors (Lipinski definition) is 2. The number of piperidine rings is 1. The Labute approximate surface area is 117 Å². The van der Waals surface area contributed by atoms with Crippen molar-refractivity contribution in [3.8, 4) is 0 Å². The number of carbonyl (C=O) groups is 1. The van der Waals surface area contributed by atoms with Crippen LogP contribution < -0.4 is 10.6 Å². The molecule has 5 nitrogen and oxygen atoms in total. The van der Waals surface area contributed by atoms with Crippen molar-refractivity contribution >= 4 is 5.91 Å². The molecule has 2 N–H and O–H groups in total. The molecule has 1 heterocycles. The molecule has 0 aromatic rings. The Bertz CT molecular complexity index is 261. The van der Waals surface area contributed by atoms with E-state index in [0.717, 1.165) is 19.5 Å². The van der Waals surface area contributed by atoms with Crippen LogP contribution in [0.1, 0.15) is 32.6 Å². The molecule has 2 atom stereocenters. The zero-order valence-corrected chi connectivity index (χ0v) is 12.6. The van der Waals surface area contributed by atoms with E-state index in [9.17, 15) is 4.79 Å². The van der Waals surface area contributed by atoms with Crippen LogP contribution >= 0.6 is 0 Å². The Morgan fingerprint density at radius 3 is 2.95 bits per heavy atom. The Morgan fingerprint density at radius 1 is 1.47 bits per heavy atom. The maximum absolute atomic E-state index is 12.0. The average Bonchev–Trinajstić information content (AvgIpc) is 2.37. The van der Waals surface area contributed by atoms with Gasteiger partial charge in [-0.3, -0.25) is 9.69 Å². The summed E-state index contributed by atoms with van der Waals surface area (Å²) in [4.78, 5) is 14.3. The SMILES string of the molecule is CNCCC1CCCCN1CC(=O)NC(C)COC. The maximum atomic E-state index is 12.0. The lowest BCUT2D eigenvalue weighted by molar-refractivity contribution is -0.124. The van der Waals surface area contributed by atoms with E-state index in [1.54, 1.807) is 7.11 Å². The highest BCUT2D eigenvalue weighted by molar-refractivity contribution is 5.78. The quantitative estimate of drug-likeness (QED) is 0.679. The van der Waals surface area contributed by atoms with Crippen molar-refractivity contribution < 1.29 is 9.53 Å². The van der Waals surface area contributed by atoms with Gasteiger partial charge in [-0.15, -0.1) is 0 Å². The third-order valence-corrected chi connectivity index (χ3v) is 3.65. The predicted octanol–water partition coefficient (Wildman–Crippen LogP) is 0.602. The summed E-state index contributed by atoms with van der Waals surface area (Å²) in [6.07, 6.45) is 4.82. The lowest BCUT2D eigenvalue weighted by atomic mass is 9.99. The smallest absolute Gasteiger partial charge is 0.234 e. The van der Waals surface area contributed by atoms with Gasteiger partial charge in [0.15, 0.2) is 0 Å². The number of amides is 1. The molecule has 1 aliphatic heterocycles. The number of rotatable bonds is 8. The van der Waals surface area contributed by atoms with E-state index in [1.165, 1.54) is 19.3 Å². The van der Waals surface area contributed by atoms with Gasteiger partial charge in [0.1, 0.15) is 0 Å². The first-order valence-electron chi connectivity index (χ1n) is 7.34. The summed E-state index contributed by atoms with van der Waals surface area (Å²) in [6.45, 7) is 5.11. The number of nitrogens with zero attached hydrogens (tertiary/aromatic N) is 1. The topological polar surface area (TPSA) is 53.6 Å². The van der Waals surface area contributed by atoms with Crippen molar-refractivity contribution in [3.63, 3.8) is 0 Å². The summed E-state index contributed by atoms with van der Waals surface area (Å²) >= 11 is 0. The van der Waals surface area contributed by atoms with Crippen molar-refractivity contribution in [2.45, 2.75) is 44.7 Å². The molecule has 19 heavy (non-hydrogen) atoms. The van der Waals surface area contributed by atoms with Crippen LogP contribution in [-0.4, -0.2) is 63.3 Å². The zero-order chi connectivity index (χ0) is 14.1. The van der Waals surface area contributed by atoms with E-state index in [0.29, 0.717) is 19.2 Å². The van der Waals surface area contributed by atoms with Gasteiger partial charge in [0, 0.05) is 19.2 Å². The standard InChI is InChI=1S/C14H29N3O2/c1-12(11-19-3)16-14(18)10-17-9-5-4-6-13(17)7-8-15-2/h12-13,15H,4-11H2,1-3H3,(H,16,18). The Hall–Kier alpha value is -0.650. The molecule has 0 bridgehead atoms. The van der Waals surface area contributed by atoms with Crippen LogP contribution in [0.5, 0.6) is 0 Å². The number of nitrogens with one attached hydrogen (secondary N) is 2. The minimum absolute atomic E-state index is 0.0815. The Kier molecular flexibility index (Phi) is 8.02. The van der Waals surface area contributed by atoms with Crippen LogP contribution in [0, 0.1) is 0 Å². The number of methoxy groups -OCH3 is 1. The lowest BCUT2D eigenvalue weighted by Crippen LogP contribution is -2.48.